The van der Waals surface area contributed by atoms with Gasteiger partial charge in [0.2, 0.25) is 0 Å². The summed E-state index contributed by atoms with van der Waals surface area (Å²) in [7, 11) is 1.48. The fourth-order valence-electron chi connectivity index (χ4n) is 1.38. The number of hydrogen-bond acceptors (Lipinski definition) is 4. The summed E-state index contributed by atoms with van der Waals surface area (Å²) in [6.45, 7) is 1.62. The first-order valence-electron chi connectivity index (χ1n) is 4.58. The van der Waals surface area contributed by atoms with E-state index >= 15 is 0 Å². The van der Waals surface area contributed by atoms with Crippen LogP contribution in [0.5, 0.6) is 5.75 Å². The van der Waals surface area contributed by atoms with Crippen LogP contribution in [0, 0.1) is 6.92 Å². The van der Waals surface area contributed by atoms with Gasteiger partial charge in [0.15, 0.2) is 5.82 Å². The number of fused-ring (bicyclic) bond motifs is 1. The summed E-state index contributed by atoms with van der Waals surface area (Å²) in [6.07, 6.45) is -1.19. The van der Waals surface area contributed by atoms with Crippen LogP contribution in [0.15, 0.2) is 12.3 Å². The van der Waals surface area contributed by atoms with Crippen molar-refractivity contribution < 1.29 is 13.5 Å². The average molecular weight is 225 g/mol. The number of alkyl halides is 2. The molecule has 0 saturated heterocycles. The third-order valence-corrected chi connectivity index (χ3v) is 2.13. The maximum Gasteiger partial charge on any atom is 0.297 e. The molecule has 2 aromatic rings. The van der Waals surface area contributed by atoms with Gasteiger partial charge in [-0.2, -0.15) is 0 Å². The standard InChI is InChI=1S/C10H9F2N3O/c1-5-8-7(3-6(16-2)4-13-8)15-10(14-5)9(11)12/h3-4,9H,1-2H3. The summed E-state index contributed by atoms with van der Waals surface area (Å²) in [4.78, 5) is 11.5. The topological polar surface area (TPSA) is 47.9 Å². The summed E-state index contributed by atoms with van der Waals surface area (Å²) in [5.74, 6) is -0.00845. The Morgan fingerprint density at radius 2 is 2.06 bits per heavy atom. The van der Waals surface area contributed by atoms with E-state index in [-0.39, 0.29) is 0 Å². The van der Waals surface area contributed by atoms with Gasteiger partial charge in [-0.05, 0) is 6.92 Å². The number of methoxy groups -OCH3 is 1. The summed E-state index contributed by atoms with van der Waals surface area (Å²) >= 11 is 0. The second kappa shape index (κ2) is 3.96. The van der Waals surface area contributed by atoms with Crippen molar-refractivity contribution >= 4 is 11.0 Å². The largest absolute Gasteiger partial charge is 0.495 e. The molecule has 0 amide bonds. The Hall–Kier alpha value is -1.85. The van der Waals surface area contributed by atoms with Crippen LogP contribution in [0.1, 0.15) is 17.9 Å². The van der Waals surface area contributed by atoms with Crippen molar-refractivity contribution in [3.8, 4) is 5.75 Å². The number of pyridine rings is 1. The Bertz CT molecular complexity index is 531. The molecule has 0 fully saturated rings. The van der Waals surface area contributed by atoms with E-state index < -0.39 is 12.2 Å². The Morgan fingerprint density at radius 3 is 2.69 bits per heavy atom. The predicted octanol–water partition coefficient (Wildman–Crippen LogP) is 2.28. The molecule has 0 N–H and O–H groups in total. The van der Waals surface area contributed by atoms with Crippen LogP contribution in [0.4, 0.5) is 8.78 Å². The molecule has 0 saturated carbocycles. The molecule has 0 spiro atoms. The molecule has 2 rings (SSSR count). The van der Waals surface area contributed by atoms with E-state index in [0.717, 1.165) is 0 Å². The molecular weight excluding hydrogens is 216 g/mol. The fraction of sp³-hybridized carbons (Fsp3) is 0.300. The van der Waals surface area contributed by atoms with Crippen molar-refractivity contribution in [3.05, 3.63) is 23.8 Å². The van der Waals surface area contributed by atoms with Crippen LogP contribution in [0.25, 0.3) is 11.0 Å². The lowest BCUT2D eigenvalue weighted by Crippen LogP contribution is -2.00. The zero-order valence-electron chi connectivity index (χ0n) is 8.74. The van der Waals surface area contributed by atoms with Crippen molar-refractivity contribution in [1.82, 2.24) is 15.0 Å². The van der Waals surface area contributed by atoms with Gasteiger partial charge in [0.1, 0.15) is 11.3 Å². The zero-order chi connectivity index (χ0) is 11.7. The number of nitrogens with zero attached hydrogens (tertiary/aromatic N) is 3. The molecule has 0 bridgehead atoms. The van der Waals surface area contributed by atoms with Crippen molar-refractivity contribution in [2.24, 2.45) is 0 Å². The second-order valence-corrected chi connectivity index (χ2v) is 3.21. The van der Waals surface area contributed by atoms with Crippen LogP contribution >= 0.6 is 0 Å². The first-order valence-corrected chi connectivity index (χ1v) is 4.58. The summed E-state index contributed by atoms with van der Waals surface area (Å²) in [5.41, 5.74) is 1.30. The molecule has 2 heterocycles. The molecule has 84 valence electrons. The highest BCUT2D eigenvalue weighted by molar-refractivity contribution is 5.77. The van der Waals surface area contributed by atoms with Crippen molar-refractivity contribution in [3.63, 3.8) is 0 Å². The highest BCUT2D eigenvalue weighted by Gasteiger charge is 2.14. The number of aromatic nitrogens is 3. The van der Waals surface area contributed by atoms with Gasteiger partial charge < -0.3 is 4.74 Å². The van der Waals surface area contributed by atoms with Crippen molar-refractivity contribution in [2.45, 2.75) is 13.3 Å². The predicted molar refractivity (Wildman–Crippen MR) is 53.6 cm³/mol. The molecule has 0 aliphatic rings. The number of aryl methyl sites for hydroxylation is 1. The lowest BCUT2D eigenvalue weighted by molar-refractivity contribution is 0.140. The number of rotatable bonds is 2. The minimum Gasteiger partial charge on any atom is -0.495 e. The normalized spacial score (nSPS) is 11.1. The quantitative estimate of drug-likeness (QED) is 0.786. The van der Waals surface area contributed by atoms with Crippen molar-refractivity contribution in [2.75, 3.05) is 7.11 Å². The monoisotopic (exact) mass is 225 g/mol. The number of hydrogen-bond donors (Lipinski definition) is 0. The number of halogens is 2. The van der Waals surface area contributed by atoms with Crippen LogP contribution in [-0.4, -0.2) is 22.1 Å². The third kappa shape index (κ3) is 1.78. The summed E-state index contributed by atoms with van der Waals surface area (Å²) < 4.78 is 29.9. The first-order chi connectivity index (χ1) is 7.61. The highest BCUT2D eigenvalue weighted by Crippen LogP contribution is 2.22. The average Bonchev–Trinajstić information content (AvgIpc) is 2.28. The Morgan fingerprint density at radius 1 is 1.31 bits per heavy atom. The molecule has 4 nitrogen and oxygen atoms in total. The van der Waals surface area contributed by atoms with E-state index in [0.29, 0.717) is 22.5 Å². The Kier molecular flexibility index (Phi) is 2.64. The van der Waals surface area contributed by atoms with Gasteiger partial charge in [-0.15, -0.1) is 0 Å². The molecule has 0 aliphatic carbocycles. The zero-order valence-corrected chi connectivity index (χ0v) is 8.74. The highest BCUT2D eigenvalue weighted by atomic mass is 19.3. The summed E-state index contributed by atoms with van der Waals surface area (Å²) in [5, 5.41) is 0. The van der Waals surface area contributed by atoms with E-state index in [1.807, 2.05) is 0 Å². The molecule has 0 unspecified atom stereocenters. The van der Waals surface area contributed by atoms with E-state index in [1.54, 1.807) is 13.0 Å². The van der Waals surface area contributed by atoms with Gasteiger partial charge in [0, 0.05) is 6.07 Å². The molecule has 0 atom stereocenters. The fourth-order valence-corrected chi connectivity index (χ4v) is 1.38. The molecule has 2 aromatic heterocycles. The lowest BCUT2D eigenvalue weighted by atomic mass is 10.3. The van der Waals surface area contributed by atoms with Crippen LogP contribution < -0.4 is 4.74 Å². The van der Waals surface area contributed by atoms with Gasteiger partial charge in [0.05, 0.1) is 24.5 Å². The van der Waals surface area contributed by atoms with Gasteiger partial charge >= 0.3 is 0 Å². The summed E-state index contributed by atoms with van der Waals surface area (Å²) in [6, 6.07) is 1.56. The molecular formula is C10H9F2N3O. The third-order valence-electron chi connectivity index (χ3n) is 2.13. The first kappa shape index (κ1) is 10.7. The van der Waals surface area contributed by atoms with Gasteiger partial charge in [0.25, 0.3) is 6.43 Å². The van der Waals surface area contributed by atoms with Crippen LogP contribution in [0.3, 0.4) is 0 Å². The smallest absolute Gasteiger partial charge is 0.297 e. The van der Waals surface area contributed by atoms with Gasteiger partial charge in [-0.1, -0.05) is 0 Å². The van der Waals surface area contributed by atoms with E-state index in [2.05, 4.69) is 15.0 Å². The van der Waals surface area contributed by atoms with E-state index in [4.69, 9.17) is 4.74 Å². The Balaban J connectivity index is 2.68. The number of ether oxygens (including phenoxy) is 1. The van der Waals surface area contributed by atoms with E-state index in [1.165, 1.54) is 13.3 Å². The SMILES string of the molecule is COc1cnc2c(C)nc(C(F)F)nc2c1. The minimum absolute atomic E-state index is 0.363. The Labute approximate surface area is 90.3 Å². The molecule has 0 radical (unpaired) electrons. The van der Waals surface area contributed by atoms with Crippen LogP contribution in [0.2, 0.25) is 0 Å². The van der Waals surface area contributed by atoms with Gasteiger partial charge in [-0.25, -0.2) is 23.7 Å². The maximum atomic E-state index is 12.5. The molecule has 6 heteroatoms. The molecule has 0 aromatic carbocycles. The maximum absolute atomic E-state index is 12.5. The molecule has 0 aliphatic heterocycles. The second-order valence-electron chi connectivity index (χ2n) is 3.21. The van der Waals surface area contributed by atoms with Crippen LogP contribution in [-0.2, 0) is 0 Å². The molecule has 16 heavy (non-hydrogen) atoms. The lowest BCUT2D eigenvalue weighted by Gasteiger charge is -2.05. The van der Waals surface area contributed by atoms with Crippen molar-refractivity contribution in [1.29, 1.82) is 0 Å². The van der Waals surface area contributed by atoms with E-state index in [9.17, 15) is 8.78 Å². The van der Waals surface area contributed by atoms with Gasteiger partial charge in [-0.3, -0.25) is 0 Å². The minimum atomic E-state index is -2.69.